The summed E-state index contributed by atoms with van der Waals surface area (Å²) >= 11 is 0. The van der Waals surface area contributed by atoms with E-state index in [0.29, 0.717) is 22.0 Å². The van der Waals surface area contributed by atoms with E-state index in [1.54, 1.807) is 30.3 Å². The molecule has 0 radical (unpaired) electrons. The standard InChI is InChI=1S/C18H13N3O6S/c22-17(23)12-7-11-2-1-5-19-16(11)15(8-12)28(25,26)20-9-10-3-4-14-13(6-10)21-18(24)27-14/h1-8,20H,9H2,(H,21,24)(H,22,23). The highest BCUT2D eigenvalue weighted by Crippen LogP contribution is 2.24. The lowest BCUT2D eigenvalue weighted by atomic mass is 10.1. The Labute approximate surface area is 157 Å². The van der Waals surface area contributed by atoms with Gasteiger partial charge in [-0.25, -0.2) is 22.7 Å². The lowest BCUT2D eigenvalue weighted by Gasteiger charge is -2.10. The van der Waals surface area contributed by atoms with Crippen LogP contribution in [0, 0.1) is 0 Å². The third-order valence-electron chi connectivity index (χ3n) is 4.16. The Hall–Kier alpha value is -3.50. The van der Waals surface area contributed by atoms with Gasteiger partial charge < -0.3 is 9.52 Å². The van der Waals surface area contributed by atoms with Gasteiger partial charge in [0.05, 0.1) is 16.6 Å². The summed E-state index contributed by atoms with van der Waals surface area (Å²) in [6.07, 6.45) is 1.44. The molecule has 0 saturated heterocycles. The Morgan fingerprint density at radius 3 is 2.82 bits per heavy atom. The summed E-state index contributed by atoms with van der Waals surface area (Å²) in [4.78, 5) is 28.9. The molecular weight excluding hydrogens is 386 g/mol. The van der Waals surface area contributed by atoms with Gasteiger partial charge >= 0.3 is 11.7 Å². The third kappa shape index (κ3) is 3.26. The first-order valence-electron chi connectivity index (χ1n) is 8.07. The van der Waals surface area contributed by atoms with Crippen molar-refractivity contribution in [3.63, 3.8) is 0 Å². The van der Waals surface area contributed by atoms with Crippen LogP contribution in [0.3, 0.4) is 0 Å². The Bertz CT molecular complexity index is 1390. The second kappa shape index (κ2) is 6.59. The highest BCUT2D eigenvalue weighted by molar-refractivity contribution is 7.89. The second-order valence-electron chi connectivity index (χ2n) is 6.02. The van der Waals surface area contributed by atoms with Crippen molar-refractivity contribution in [3.8, 4) is 0 Å². The van der Waals surface area contributed by atoms with Crippen molar-refractivity contribution in [2.24, 2.45) is 0 Å². The van der Waals surface area contributed by atoms with Crippen LogP contribution in [0.25, 0.3) is 22.0 Å². The number of carbonyl (C=O) groups is 1. The number of benzene rings is 2. The minimum atomic E-state index is -4.06. The lowest BCUT2D eigenvalue weighted by molar-refractivity contribution is 0.0697. The molecule has 0 amide bonds. The molecule has 0 bridgehead atoms. The number of aromatic amines is 1. The maximum absolute atomic E-state index is 12.8. The average Bonchev–Trinajstić information content (AvgIpc) is 3.04. The van der Waals surface area contributed by atoms with Crippen LogP contribution in [0.15, 0.2) is 62.8 Å². The zero-order valence-electron chi connectivity index (χ0n) is 14.2. The number of aromatic nitrogens is 2. The van der Waals surface area contributed by atoms with E-state index in [2.05, 4.69) is 14.7 Å². The zero-order valence-corrected chi connectivity index (χ0v) is 15.0. The van der Waals surface area contributed by atoms with Crippen LogP contribution >= 0.6 is 0 Å². The largest absolute Gasteiger partial charge is 0.478 e. The second-order valence-corrected chi connectivity index (χ2v) is 7.76. The van der Waals surface area contributed by atoms with Gasteiger partial charge in [0.25, 0.3) is 0 Å². The summed E-state index contributed by atoms with van der Waals surface area (Å²) in [6, 6.07) is 10.4. The molecule has 0 fully saturated rings. The number of sulfonamides is 1. The topological polar surface area (TPSA) is 142 Å². The van der Waals surface area contributed by atoms with Gasteiger partial charge in [0.15, 0.2) is 5.58 Å². The Kier molecular flexibility index (Phi) is 4.21. The summed E-state index contributed by atoms with van der Waals surface area (Å²) in [5.74, 6) is -1.84. The van der Waals surface area contributed by atoms with E-state index in [-0.39, 0.29) is 22.5 Å². The fraction of sp³-hybridized carbons (Fsp3) is 0.0556. The van der Waals surface area contributed by atoms with E-state index in [4.69, 9.17) is 4.42 Å². The van der Waals surface area contributed by atoms with Gasteiger partial charge in [-0.2, -0.15) is 0 Å². The van der Waals surface area contributed by atoms with Gasteiger partial charge in [0.2, 0.25) is 10.0 Å². The molecule has 4 aromatic rings. The number of nitrogens with one attached hydrogen (secondary N) is 2. The van der Waals surface area contributed by atoms with Gasteiger partial charge in [-0.05, 0) is 35.9 Å². The average molecular weight is 399 g/mol. The fourth-order valence-electron chi connectivity index (χ4n) is 2.85. The number of carboxylic acid groups (broad SMARTS) is 1. The molecule has 28 heavy (non-hydrogen) atoms. The van der Waals surface area contributed by atoms with Crippen LogP contribution in [0.5, 0.6) is 0 Å². The van der Waals surface area contributed by atoms with Crippen molar-refractivity contribution in [1.29, 1.82) is 0 Å². The number of fused-ring (bicyclic) bond motifs is 2. The van der Waals surface area contributed by atoms with E-state index in [1.165, 1.54) is 12.3 Å². The first-order chi connectivity index (χ1) is 13.3. The minimum Gasteiger partial charge on any atom is -0.478 e. The molecule has 2 aromatic heterocycles. The number of oxazole rings is 1. The molecule has 10 heteroatoms. The molecule has 2 heterocycles. The van der Waals surface area contributed by atoms with E-state index < -0.39 is 21.7 Å². The number of pyridine rings is 1. The number of nitrogens with zero attached hydrogens (tertiary/aromatic N) is 1. The highest BCUT2D eigenvalue weighted by atomic mass is 32.2. The predicted octanol–water partition coefficient (Wildman–Crippen LogP) is 1.85. The summed E-state index contributed by atoms with van der Waals surface area (Å²) in [5, 5.41) is 9.67. The number of rotatable bonds is 5. The van der Waals surface area contributed by atoms with Crippen molar-refractivity contribution in [1.82, 2.24) is 14.7 Å². The number of hydrogen-bond donors (Lipinski definition) is 3. The van der Waals surface area contributed by atoms with Gasteiger partial charge in [0.1, 0.15) is 4.90 Å². The van der Waals surface area contributed by atoms with Crippen LogP contribution in [0.4, 0.5) is 0 Å². The minimum absolute atomic E-state index is 0.0723. The maximum Gasteiger partial charge on any atom is 0.417 e. The number of H-pyrrole nitrogens is 1. The monoisotopic (exact) mass is 399 g/mol. The van der Waals surface area contributed by atoms with Gasteiger partial charge in [0, 0.05) is 18.1 Å². The zero-order chi connectivity index (χ0) is 19.9. The highest BCUT2D eigenvalue weighted by Gasteiger charge is 2.21. The molecule has 0 aliphatic carbocycles. The maximum atomic E-state index is 12.8. The van der Waals surface area contributed by atoms with Crippen LogP contribution in [0.1, 0.15) is 15.9 Å². The van der Waals surface area contributed by atoms with E-state index in [0.717, 1.165) is 6.07 Å². The lowest BCUT2D eigenvalue weighted by Crippen LogP contribution is -2.24. The quantitative estimate of drug-likeness (QED) is 0.465. The summed E-state index contributed by atoms with van der Waals surface area (Å²) in [5.41, 5.74) is 1.41. The first kappa shape index (κ1) is 17.9. The van der Waals surface area contributed by atoms with Gasteiger partial charge in [-0.1, -0.05) is 12.1 Å². The van der Waals surface area contributed by atoms with Crippen LogP contribution in [0.2, 0.25) is 0 Å². The molecule has 4 rings (SSSR count). The van der Waals surface area contributed by atoms with Crippen molar-refractivity contribution in [2.75, 3.05) is 0 Å². The Morgan fingerprint density at radius 1 is 1.21 bits per heavy atom. The molecule has 2 aromatic carbocycles. The van der Waals surface area contributed by atoms with Crippen molar-refractivity contribution in [3.05, 3.63) is 70.3 Å². The van der Waals surface area contributed by atoms with Crippen LogP contribution < -0.4 is 10.5 Å². The molecule has 0 atom stereocenters. The Balaban J connectivity index is 1.71. The Morgan fingerprint density at radius 2 is 2.04 bits per heavy atom. The van der Waals surface area contributed by atoms with Crippen molar-refractivity contribution < 1.29 is 22.7 Å². The SMILES string of the molecule is O=C(O)c1cc(S(=O)(=O)NCc2ccc3oc(=O)[nH]c3c2)c2ncccc2c1. The van der Waals surface area contributed by atoms with Gasteiger partial charge in [-0.3, -0.25) is 9.97 Å². The van der Waals surface area contributed by atoms with E-state index in [1.807, 2.05) is 0 Å². The van der Waals surface area contributed by atoms with E-state index in [9.17, 15) is 23.1 Å². The van der Waals surface area contributed by atoms with Crippen molar-refractivity contribution in [2.45, 2.75) is 11.4 Å². The molecule has 0 spiro atoms. The normalized spacial score (nSPS) is 11.9. The molecule has 142 valence electrons. The van der Waals surface area contributed by atoms with Gasteiger partial charge in [-0.15, -0.1) is 0 Å². The molecule has 9 nitrogen and oxygen atoms in total. The number of carboxylic acids is 1. The van der Waals surface area contributed by atoms with E-state index >= 15 is 0 Å². The molecule has 3 N–H and O–H groups in total. The van der Waals surface area contributed by atoms with Crippen LogP contribution in [-0.4, -0.2) is 29.5 Å². The molecule has 0 unspecified atom stereocenters. The number of aromatic carboxylic acids is 1. The summed E-state index contributed by atoms with van der Waals surface area (Å²) < 4.78 is 33.0. The van der Waals surface area contributed by atoms with Crippen LogP contribution in [-0.2, 0) is 16.6 Å². The molecule has 0 saturated carbocycles. The number of hydrogen-bond acceptors (Lipinski definition) is 6. The summed E-state index contributed by atoms with van der Waals surface area (Å²) in [6.45, 7) is -0.0723. The predicted molar refractivity (Wildman–Crippen MR) is 99.6 cm³/mol. The molecule has 0 aliphatic heterocycles. The summed E-state index contributed by atoms with van der Waals surface area (Å²) in [7, 11) is -4.06. The fourth-order valence-corrected chi connectivity index (χ4v) is 4.07. The smallest absolute Gasteiger partial charge is 0.417 e. The molecule has 0 aliphatic rings. The first-order valence-corrected chi connectivity index (χ1v) is 9.55. The van der Waals surface area contributed by atoms with Crippen molar-refractivity contribution >= 4 is 38.0 Å². The molecular formula is C18H13N3O6S. The third-order valence-corrected chi connectivity index (χ3v) is 5.57.